The van der Waals surface area contributed by atoms with Gasteiger partial charge < -0.3 is 5.32 Å². The summed E-state index contributed by atoms with van der Waals surface area (Å²) in [5.41, 5.74) is 1.25. The molecule has 1 heterocycles. The maximum absolute atomic E-state index is 5.89. The van der Waals surface area contributed by atoms with Gasteiger partial charge in [-0.3, -0.25) is 0 Å². The van der Waals surface area contributed by atoms with Gasteiger partial charge in [0.1, 0.15) is 0 Å². The number of rotatable bonds is 10. The van der Waals surface area contributed by atoms with Crippen LogP contribution in [0.4, 0.5) is 5.13 Å². The van der Waals surface area contributed by atoms with Crippen LogP contribution in [0.15, 0.2) is 28.6 Å². The molecule has 0 amide bonds. The number of hydrogen-bond acceptors (Lipinski definition) is 5. The maximum Gasteiger partial charge on any atom is 0.206 e. The number of unbranched alkanes of at least 4 members (excludes halogenated alkanes) is 4. The van der Waals surface area contributed by atoms with E-state index in [4.69, 9.17) is 11.6 Å². The van der Waals surface area contributed by atoms with E-state index in [1.54, 1.807) is 23.1 Å². The first-order valence-corrected chi connectivity index (χ1v) is 9.90. The third-order valence-electron chi connectivity index (χ3n) is 3.24. The van der Waals surface area contributed by atoms with E-state index in [1.807, 2.05) is 24.3 Å². The van der Waals surface area contributed by atoms with E-state index in [0.29, 0.717) is 0 Å². The quantitative estimate of drug-likeness (QED) is 0.427. The first-order chi connectivity index (χ1) is 10.8. The topological polar surface area (TPSA) is 37.8 Å². The van der Waals surface area contributed by atoms with Crippen LogP contribution in [0, 0.1) is 0 Å². The second-order valence-electron chi connectivity index (χ2n) is 5.13. The summed E-state index contributed by atoms with van der Waals surface area (Å²) in [6, 6.07) is 7.93. The summed E-state index contributed by atoms with van der Waals surface area (Å²) < 4.78 is 1.00. The fourth-order valence-corrected chi connectivity index (χ4v) is 3.85. The van der Waals surface area contributed by atoms with E-state index in [-0.39, 0.29) is 0 Å². The van der Waals surface area contributed by atoms with Gasteiger partial charge in [0.2, 0.25) is 5.13 Å². The third-order valence-corrected chi connectivity index (χ3v) is 5.58. The van der Waals surface area contributed by atoms with Crippen molar-refractivity contribution in [2.75, 3.05) is 11.9 Å². The van der Waals surface area contributed by atoms with Crippen molar-refractivity contribution in [2.24, 2.45) is 0 Å². The highest BCUT2D eigenvalue weighted by Crippen LogP contribution is 2.28. The van der Waals surface area contributed by atoms with Gasteiger partial charge in [0, 0.05) is 17.3 Å². The van der Waals surface area contributed by atoms with Gasteiger partial charge in [0.25, 0.3) is 0 Å². The molecule has 0 bridgehead atoms. The lowest BCUT2D eigenvalue weighted by atomic mass is 10.1. The summed E-state index contributed by atoms with van der Waals surface area (Å²) in [5, 5.41) is 13.5. The first kappa shape index (κ1) is 17.6. The minimum Gasteiger partial charge on any atom is -0.360 e. The van der Waals surface area contributed by atoms with Crippen LogP contribution < -0.4 is 5.32 Å². The lowest BCUT2D eigenvalue weighted by Gasteiger charge is -2.01. The van der Waals surface area contributed by atoms with Crippen molar-refractivity contribution in [3.8, 4) is 0 Å². The van der Waals surface area contributed by atoms with Crippen molar-refractivity contribution in [1.29, 1.82) is 0 Å². The molecular weight excluding hydrogens is 334 g/mol. The zero-order valence-corrected chi connectivity index (χ0v) is 15.2. The van der Waals surface area contributed by atoms with Gasteiger partial charge in [0.15, 0.2) is 4.34 Å². The highest BCUT2D eigenvalue weighted by molar-refractivity contribution is 8.00. The average molecular weight is 356 g/mol. The molecule has 2 rings (SSSR count). The van der Waals surface area contributed by atoms with E-state index in [1.165, 1.54) is 37.7 Å². The molecule has 1 N–H and O–H groups in total. The standard InChI is InChI=1S/C16H22ClN3S2/c1-2-3-4-5-6-11-18-15-19-20-16(22-15)21-12-13-7-9-14(17)10-8-13/h7-10H,2-6,11-12H2,1H3,(H,18,19). The summed E-state index contributed by atoms with van der Waals surface area (Å²) in [6.07, 6.45) is 6.45. The van der Waals surface area contributed by atoms with Crippen molar-refractivity contribution >= 4 is 39.8 Å². The first-order valence-electron chi connectivity index (χ1n) is 7.72. The number of hydrogen-bond donors (Lipinski definition) is 1. The van der Waals surface area contributed by atoms with E-state index in [2.05, 4.69) is 22.4 Å². The van der Waals surface area contributed by atoms with E-state index in [0.717, 1.165) is 26.8 Å². The molecule has 0 saturated heterocycles. The second-order valence-corrected chi connectivity index (χ2v) is 7.77. The van der Waals surface area contributed by atoms with Crippen molar-refractivity contribution in [1.82, 2.24) is 10.2 Å². The van der Waals surface area contributed by atoms with E-state index >= 15 is 0 Å². The minimum absolute atomic E-state index is 0.773. The molecule has 0 spiro atoms. The summed E-state index contributed by atoms with van der Waals surface area (Å²) >= 11 is 9.22. The average Bonchev–Trinajstić information content (AvgIpc) is 2.98. The number of benzene rings is 1. The van der Waals surface area contributed by atoms with Gasteiger partial charge in [-0.2, -0.15) is 0 Å². The van der Waals surface area contributed by atoms with Gasteiger partial charge in [-0.25, -0.2) is 0 Å². The van der Waals surface area contributed by atoms with Crippen LogP contribution in [0.25, 0.3) is 0 Å². The lowest BCUT2D eigenvalue weighted by Crippen LogP contribution is -2.00. The fraction of sp³-hybridized carbons (Fsp3) is 0.500. The molecule has 0 aliphatic carbocycles. The van der Waals surface area contributed by atoms with Crippen molar-refractivity contribution in [3.63, 3.8) is 0 Å². The Morgan fingerprint density at radius 1 is 1.09 bits per heavy atom. The molecule has 1 aromatic carbocycles. The monoisotopic (exact) mass is 355 g/mol. The van der Waals surface area contributed by atoms with Crippen LogP contribution >= 0.6 is 34.7 Å². The van der Waals surface area contributed by atoms with E-state index in [9.17, 15) is 0 Å². The molecule has 120 valence electrons. The van der Waals surface area contributed by atoms with Crippen molar-refractivity contribution in [2.45, 2.75) is 49.1 Å². The smallest absolute Gasteiger partial charge is 0.206 e. The normalized spacial score (nSPS) is 10.8. The van der Waals surface area contributed by atoms with Crippen molar-refractivity contribution < 1.29 is 0 Å². The largest absolute Gasteiger partial charge is 0.360 e. The summed E-state index contributed by atoms with van der Waals surface area (Å²) in [4.78, 5) is 0. The SMILES string of the molecule is CCCCCCCNc1nnc(SCc2ccc(Cl)cc2)s1. The third kappa shape index (κ3) is 6.55. The second kappa shape index (κ2) is 10.1. The van der Waals surface area contributed by atoms with Crippen LogP contribution in [0.2, 0.25) is 5.02 Å². The Hall–Kier alpha value is -0.780. The Morgan fingerprint density at radius 3 is 2.64 bits per heavy atom. The van der Waals surface area contributed by atoms with E-state index < -0.39 is 0 Å². The Bertz CT molecular complexity index is 543. The number of nitrogens with one attached hydrogen (secondary N) is 1. The van der Waals surface area contributed by atoms with Gasteiger partial charge >= 0.3 is 0 Å². The molecule has 6 heteroatoms. The number of thioether (sulfide) groups is 1. The zero-order chi connectivity index (χ0) is 15.6. The minimum atomic E-state index is 0.773. The maximum atomic E-state index is 5.89. The summed E-state index contributed by atoms with van der Waals surface area (Å²) in [5.74, 6) is 0.892. The fourth-order valence-electron chi connectivity index (χ4n) is 1.99. The Kier molecular flexibility index (Phi) is 8.05. The summed E-state index contributed by atoms with van der Waals surface area (Å²) in [6.45, 7) is 3.23. The van der Waals surface area contributed by atoms with Crippen LogP contribution in [-0.2, 0) is 5.75 Å². The Morgan fingerprint density at radius 2 is 1.86 bits per heavy atom. The molecular formula is C16H22ClN3S2. The molecule has 1 aromatic heterocycles. The Balaban J connectivity index is 1.66. The number of aromatic nitrogens is 2. The lowest BCUT2D eigenvalue weighted by molar-refractivity contribution is 0.645. The van der Waals surface area contributed by atoms with Gasteiger partial charge in [-0.1, -0.05) is 79.4 Å². The molecule has 0 fully saturated rings. The summed E-state index contributed by atoms with van der Waals surface area (Å²) in [7, 11) is 0. The van der Waals surface area contributed by atoms with Gasteiger partial charge in [-0.15, -0.1) is 10.2 Å². The molecule has 22 heavy (non-hydrogen) atoms. The van der Waals surface area contributed by atoms with Crippen LogP contribution in [-0.4, -0.2) is 16.7 Å². The number of nitrogens with zero attached hydrogens (tertiary/aromatic N) is 2. The van der Waals surface area contributed by atoms with Gasteiger partial charge in [-0.05, 0) is 24.1 Å². The van der Waals surface area contributed by atoms with Gasteiger partial charge in [0.05, 0.1) is 0 Å². The highest BCUT2D eigenvalue weighted by atomic mass is 35.5. The molecule has 3 nitrogen and oxygen atoms in total. The molecule has 0 unspecified atom stereocenters. The van der Waals surface area contributed by atoms with Crippen molar-refractivity contribution in [3.05, 3.63) is 34.9 Å². The predicted molar refractivity (Wildman–Crippen MR) is 98.2 cm³/mol. The molecule has 2 aromatic rings. The Labute approximate surface area is 145 Å². The number of anilines is 1. The van der Waals surface area contributed by atoms with Crippen LogP contribution in [0.1, 0.15) is 44.6 Å². The zero-order valence-electron chi connectivity index (χ0n) is 12.8. The molecule has 0 aliphatic rings. The molecule has 0 aliphatic heterocycles. The number of halogens is 1. The van der Waals surface area contributed by atoms with Crippen LogP contribution in [0.3, 0.4) is 0 Å². The highest BCUT2D eigenvalue weighted by Gasteiger charge is 2.04. The van der Waals surface area contributed by atoms with Crippen LogP contribution in [0.5, 0.6) is 0 Å². The molecule has 0 atom stereocenters. The molecule has 0 saturated carbocycles. The predicted octanol–water partition coefficient (Wildman–Crippen LogP) is 5.87. The molecule has 0 radical (unpaired) electrons.